The van der Waals surface area contributed by atoms with Crippen LogP contribution in [-0.4, -0.2) is 46.5 Å². The van der Waals surface area contributed by atoms with Gasteiger partial charge >= 0.3 is 6.36 Å². The van der Waals surface area contributed by atoms with Gasteiger partial charge in [0.1, 0.15) is 11.6 Å². The number of halogens is 3. The number of aliphatic hydroxyl groups is 1. The molecule has 0 unspecified atom stereocenters. The van der Waals surface area contributed by atoms with Crippen molar-refractivity contribution in [1.29, 1.82) is 0 Å². The molecular weight excluding hydrogens is 449 g/mol. The van der Waals surface area contributed by atoms with Crippen molar-refractivity contribution >= 4 is 17.4 Å². The van der Waals surface area contributed by atoms with Crippen LogP contribution >= 0.6 is 0 Å². The van der Waals surface area contributed by atoms with Gasteiger partial charge < -0.3 is 20.1 Å². The van der Waals surface area contributed by atoms with Gasteiger partial charge in [0.25, 0.3) is 5.91 Å². The van der Waals surface area contributed by atoms with Crippen LogP contribution in [0.1, 0.15) is 28.9 Å². The Morgan fingerprint density at radius 2 is 1.91 bits per heavy atom. The van der Waals surface area contributed by atoms with Crippen molar-refractivity contribution in [2.24, 2.45) is 0 Å². The van der Waals surface area contributed by atoms with Gasteiger partial charge in [0, 0.05) is 48.0 Å². The van der Waals surface area contributed by atoms with Gasteiger partial charge in [0.2, 0.25) is 0 Å². The molecule has 3 aromatic rings. The van der Waals surface area contributed by atoms with E-state index >= 15 is 0 Å². The maximum atomic E-state index is 12.9. The van der Waals surface area contributed by atoms with E-state index in [1.807, 2.05) is 24.0 Å². The number of benzene rings is 1. The van der Waals surface area contributed by atoms with Crippen molar-refractivity contribution in [3.63, 3.8) is 0 Å². The second kappa shape index (κ2) is 9.68. The van der Waals surface area contributed by atoms with Gasteiger partial charge in [0.05, 0.1) is 11.7 Å². The highest BCUT2D eigenvalue weighted by Gasteiger charge is 2.31. The molecule has 2 aromatic heterocycles. The first-order valence-corrected chi connectivity index (χ1v) is 10.7. The number of aryl methyl sites for hydroxylation is 1. The van der Waals surface area contributed by atoms with E-state index in [2.05, 4.69) is 20.0 Å². The number of carbonyl (C=O) groups is 1. The lowest BCUT2D eigenvalue weighted by Gasteiger charge is -2.32. The van der Waals surface area contributed by atoms with E-state index in [9.17, 15) is 23.1 Å². The molecule has 1 atom stereocenters. The predicted molar refractivity (Wildman–Crippen MR) is 121 cm³/mol. The standard InChI is InChI=1S/C24H23F3N4O3/c1-15-4-5-16(12-28-15)21-11-17(13-29-22(21)31-10-2-3-19(32)14-31)23(33)30-18-6-8-20(9-7-18)34-24(25,26)27/h4-9,11-13,19,32H,2-3,10,14H2,1H3,(H,30,33)/t19-/m1/s1. The Hall–Kier alpha value is -3.66. The summed E-state index contributed by atoms with van der Waals surface area (Å²) in [5.41, 5.74) is 2.90. The summed E-state index contributed by atoms with van der Waals surface area (Å²) in [6, 6.07) is 10.3. The molecule has 0 radical (unpaired) electrons. The molecule has 1 aliphatic heterocycles. The third-order valence-electron chi connectivity index (χ3n) is 5.39. The topological polar surface area (TPSA) is 87.6 Å². The molecule has 0 bridgehead atoms. The maximum absolute atomic E-state index is 12.9. The van der Waals surface area contributed by atoms with Crippen molar-refractivity contribution in [1.82, 2.24) is 9.97 Å². The number of anilines is 2. The summed E-state index contributed by atoms with van der Waals surface area (Å²) in [5.74, 6) is -0.201. The summed E-state index contributed by atoms with van der Waals surface area (Å²) in [6.45, 7) is 3.05. The lowest BCUT2D eigenvalue weighted by atomic mass is 10.0. The van der Waals surface area contributed by atoms with Crippen LogP contribution in [0.4, 0.5) is 24.7 Å². The van der Waals surface area contributed by atoms with Crippen LogP contribution in [0.5, 0.6) is 5.75 Å². The molecule has 1 fully saturated rings. The zero-order valence-corrected chi connectivity index (χ0v) is 18.3. The Morgan fingerprint density at radius 1 is 1.15 bits per heavy atom. The summed E-state index contributed by atoms with van der Waals surface area (Å²) in [6.07, 6.45) is -0.540. The first kappa shape index (κ1) is 23.5. The normalized spacial score (nSPS) is 16.3. The molecule has 1 aromatic carbocycles. The monoisotopic (exact) mass is 472 g/mol. The predicted octanol–water partition coefficient (Wildman–Crippen LogP) is 4.56. The smallest absolute Gasteiger partial charge is 0.406 e. The second-order valence-electron chi connectivity index (χ2n) is 8.05. The quantitative estimate of drug-likeness (QED) is 0.566. The third kappa shape index (κ3) is 5.82. The van der Waals surface area contributed by atoms with Crippen LogP contribution in [0.25, 0.3) is 11.1 Å². The second-order valence-corrected chi connectivity index (χ2v) is 8.05. The first-order chi connectivity index (χ1) is 16.2. The summed E-state index contributed by atoms with van der Waals surface area (Å²) in [4.78, 5) is 23.7. The number of carbonyl (C=O) groups excluding carboxylic acids is 1. The minimum atomic E-state index is -4.79. The van der Waals surface area contributed by atoms with Gasteiger partial charge in [-0.25, -0.2) is 4.98 Å². The fourth-order valence-corrected chi connectivity index (χ4v) is 3.76. The number of nitrogens with one attached hydrogen (secondary N) is 1. The van der Waals surface area contributed by atoms with Crippen LogP contribution in [0.2, 0.25) is 0 Å². The van der Waals surface area contributed by atoms with Crippen LogP contribution < -0.4 is 15.0 Å². The van der Waals surface area contributed by atoms with Crippen molar-refractivity contribution in [2.45, 2.75) is 32.2 Å². The average molecular weight is 472 g/mol. The zero-order chi connectivity index (χ0) is 24.3. The molecule has 1 saturated heterocycles. The molecule has 178 valence electrons. The van der Waals surface area contributed by atoms with E-state index in [1.54, 1.807) is 12.3 Å². The number of rotatable bonds is 5. The Labute approximate surface area is 194 Å². The molecule has 0 saturated carbocycles. The highest BCUT2D eigenvalue weighted by molar-refractivity contribution is 6.05. The zero-order valence-electron chi connectivity index (χ0n) is 18.3. The molecule has 3 heterocycles. The van der Waals surface area contributed by atoms with Crippen LogP contribution in [0, 0.1) is 6.92 Å². The molecule has 34 heavy (non-hydrogen) atoms. The number of alkyl halides is 3. The highest BCUT2D eigenvalue weighted by atomic mass is 19.4. The number of β-amino-alcohol motifs (C(OH)–C–C–N with tert-alkyl or cyclic N) is 1. The van der Waals surface area contributed by atoms with Crippen LogP contribution in [-0.2, 0) is 0 Å². The summed E-state index contributed by atoms with van der Waals surface area (Å²) in [5, 5.41) is 12.8. The Bertz CT molecular complexity index is 1150. The van der Waals surface area contributed by atoms with E-state index in [-0.39, 0.29) is 11.3 Å². The van der Waals surface area contributed by atoms with Crippen molar-refractivity contribution in [3.05, 3.63) is 66.1 Å². The number of nitrogens with zero attached hydrogens (tertiary/aromatic N) is 3. The van der Waals surface area contributed by atoms with Crippen LogP contribution in [0.3, 0.4) is 0 Å². The van der Waals surface area contributed by atoms with Crippen molar-refractivity contribution in [2.75, 3.05) is 23.3 Å². The fraction of sp³-hybridized carbons (Fsp3) is 0.292. The molecule has 0 aliphatic carbocycles. The van der Waals surface area contributed by atoms with E-state index in [1.165, 1.54) is 18.3 Å². The van der Waals surface area contributed by atoms with E-state index in [0.717, 1.165) is 42.8 Å². The Balaban J connectivity index is 1.60. The molecule has 2 N–H and O–H groups in total. The lowest BCUT2D eigenvalue weighted by molar-refractivity contribution is -0.274. The fourth-order valence-electron chi connectivity index (χ4n) is 3.76. The Kier molecular flexibility index (Phi) is 6.69. The minimum absolute atomic E-state index is 0.271. The largest absolute Gasteiger partial charge is 0.573 e. The molecular formula is C24H23F3N4O3. The van der Waals surface area contributed by atoms with Gasteiger partial charge in [-0.05, 0) is 56.2 Å². The Morgan fingerprint density at radius 3 is 2.56 bits per heavy atom. The number of amides is 1. The summed E-state index contributed by atoms with van der Waals surface area (Å²) >= 11 is 0. The van der Waals surface area contributed by atoms with Gasteiger partial charge in [-0.1, -0.05) is 6.07 Å². The molecule has 0 spiro atoms. The van der Waals surface area contributed by atoms with Crippen LogP contribution in [0.15, 0.2) is 54.9 Å². The number of aliphatic hydroxyl groups excluding tert-OH is 1. The SMILES string of the molecule is Cc1ccc(-c2cc(C(=O)Nc3ccc(OC(F)(F)F)cc3)cnc2N2CCC[C@@H](O)C2)cn1. The average Bonchev–Trinajstić information content (AvgIpc) is 2.79. The molecule has 10 heteroatoms. The number of ether oxygens (including phenoxy) is 1. The van der Waals surface area contributed by atoms with E-state index in [0.29, 0.717) is 23.6 Å². The summed E-state index contributed by atoms with van der Waals surface area (Å²) < 4.78 is 40.9. The highest BCUT2D eigenvalue weighted by Crippen LogP contribution is 2.32. The molecule has 1 aliphatic rings. The number of aromatic nitrogens is 2. The molecule has 1 amide bonds. The molecule has 7 nitrogen and oxygen atoms in total. The van der Waals surface area contributed by atoms with Crippen molar-refractivity contribution < 1.29 is 27.8 Å². The lowest BCUT2D eigenvalue weighted by Crippen LogP contribution is -2.39. The first-order valence-electron chi connectivity index (χ1n) is 10.7. The molecule has 4 rings (SSSR count). The number of hydrogen-bond donors (Lipinski definition) is 2. The van der Waals surface area contributed by atoms with Gasteiger partial charge in [0.15, 0.2) is 0 Å². The maximum Gasteiger partial charge on any atom is 0.573 e. The number of pyridine rings is 2. The van der Waals surface area contributed by atoms with Gasteiger partial charge in [-0.15, -0.1) is 13.2 Å². The van der Waals surface area contributed by atoms with Gasteiger partial charge in [-0.2, -0.15) is 0 Å². The minimum Gasteiger partial charge on any atom is -0.406 e. The number of hydrogen-bond acceptors (Lipinski definition) is 6. The van der Waals surface area contributed by atoms with E-state index in [4.69, 9.17) is 0 Å². The van der Waals surface area contributed by atoms with Gasteiger partial charge in [-0.3, -0.25) is 9.78 Å². The number of piperidine rings is 1. The third-order valence-corrected chi connectivity index (χ3v) is 5.39. The summed E-state index contributed by atoms with van der Waals surface area (Å²) in [7, 11) is 0. The van der Waals surface area contributed by atoms with E-state index < -0.39 is 18.4 Å². The van der Waals surface area contributed by atoms with Crippen molar-refractivity contribution in [3.8, 4) is 16.9 Å².